The van der Waals surface area contributed by atoms with Crippen LogP contribution >= 0.6 is 23.8 Å². The van der Waals surface area contributed by atoms with E-state index in [2.05, 4.69) is 10.1 Å². The smallest absolute Gasteiger partial charge is 0.327 e. The summed E-state index contributed by atoms with van der Waals surface area (Å²) in [4.78, 5) is 11.5. The summed E-state index contributed by atoms with van der Waals surface area (Å²) in [6, 6.07) is 4.67. The number of hydrogen-bond acceptors (Lipinski definition) is 4. The minimum absolute atomic E-state index is 0.176. The van der Waals surface area contributed by atoms with E-state index in [4.69, 9.17) is 29.6 Å². The Hall–Kier alpha value is -1.33. The van der Waals surface area contributed by atoms with Crippen LogP contribution in [0.25, 0.3) is 0 Å². The van der Waals surface area contributed by atoms with Gasteiger partial charge in [-0.3, -0.25) is 0 Å². The number of carbonyl (C=O) groups is 1. The molecule has 0 saturated heterocycles. The number of thiocarbonyl (C=S) groups is 1. The second-order valence-corrected chi connectivity index (χ2v) is 4.26. The summed E-state index contributed by atoms with van der Waals surface area (Å²) in [7, 11) is 1.33. The van der Waals surface area contributed by atoms with E-state index >= 15 is 0 Å². The fourth-order valence-corrected chi connectivity index (χ4v) is 1.92. The number of halogens is 1. The molecule has 1 rings (SSSR count). The highest BCUT2D eigenvalue weighted by Crippen LogP contribution is 2.24. The second-order valence-electron chi connectivity index (χ2n) is 3.42. The fourth-order valence-electron chi connectivity index (χ4n) is 1.36. The number of nitrogens with one attached hydrogen (secondary N) is 1. The predicted octanol–water partition coefficient (Wildman–Crippen LogP) is 1.95. The van der Waals surface area contributed by atoms with Crippen LogP contribution in [0, 0.1) is 0 Å². The van der Waals surface area contributed by atoms with Crippen molar-refractivity contribution in [2.45, 2.75) is 13.0 Å². The van der Waals surface area contributed by atoms with E-state index in [1.165, 1.54) is 7.11 Å². The van der Waals surface area contributed by atoms with Crippen LogP contribution in [0.5, 0.6) is 0 Å². The molecule has 0 heterocycles. The molecule has 17 heavy (non-hydrogen) atoms. The molecule has 4 nitrogen and oxygen atoms in total. The van der Waals surface area contributed by atoms with Crippen molar-refractivity contribution in [2.75, 3.05) is 12.4 Å². The molecule has 0 aromatic heterocycles. The molecule has 0 aliphatic carbocycles. The molecule has 1 aromatic rings. The SMILES string of the molecule is COC(=O)C(C)Nc1cccc(Cl)c1C(N)=S. The largest absolute Gasteiger partial charge is 0.467 e. The Labute approximate surface area is 110 Å². The minimum atomic E-state index is -0.508. The van der Waals surface area contributed by atoms with Gasteiger partial charge >= 0.3 is 5.97 Å². The van der Waals surface area contributed by atoms with Crippen molar-refractivity contribution in [3.8, 4) is 0 Å². The highest BCUT2D eigenvalue weighted by molar-refractivity contribution is 7.80. The minimum Gasteiger partial charge on any atom is -0.467 e. The Bertz CT molecular complexity index is 451. The maximum absolute atomic E-state index is 11.3. The van der Waals surface area contributed by atoms with Crippen molar-refractivity contribution in [2.24, 2.45) is 5.73 Å². The highest BCUT2D eigenvalue weighted by atomic mass is 35.5. The first-order valence-electron chi connectivity index (χ1n) is 4.90. The Morgan fingerprint density at radius 3 is 2.76 bits per heavy atom. The summed E-state index contributed by atoms with van der Waals surface area (Å²) in [5.74, 6) is -0.376. The van der Waals surface area contributed by atoms with Gasteiger partial charge in [-0.15, -0.1) is 0 Å². The predicted molar refractivity (Wildman–Crippen MR) is 72.4 cm³/mol. The molecule has 0 spiro atoms. The Morgan fingerprint density at radius 2 is 2.24 bits per heavy atom. The van der Waals surface area contributed by atoms with E-state index in [0.29, 0.717) is 16.3 Å². The van der Waals surface area contributed by atoms with Crippen LogP contribution in [-0.4, -0.2) is 24.1 Å². The van der Waals surface area contributed by atoms with Crippen molar-refractivity contribution in [3.63, 3.8) is 0 Å². The van der Waals surface area contributed by atoms with Crippen LogP contribution in [0.4, 0.5) is 5.69 Å². The average molecular weight is 273 g/mol. The van der Waals surface area contributed by atoms with E-state index < -0.39 is 6.04 Å². The lowest BCUT2D eigenvalue weighted by molar-refractivity contribution is -0.141. The van der Waals surface area contributed by atoms with Crippen LogP contribution in [-0.2, 0) is 9.53 Å². The number of ether oxygens (including phenoxy) is 1. The maximum atomic E-state index is 11.3. The number of anilines is 1. The van der Waals surface area contributed by atoms with Gasteiger partial charge in [-0.25, -0.2) is 4.79 Å². The van der Waals surface area contributed by atoms with Gasteiger partial charge in [-0.05, 0) is 19.1 Å². The first-order valence-corrected chi connectivity index (χ1v) is 5.68. The van der Waals surface area contributed by atoms with Crippen LogP contribution in [0.15, 0.2) is 18.2 Å². The Balaban J connectivity index is 3.02. The third kappa shape index (κ3) is 3.31. The van der Waals surface area contributed by atoms with E-state index in [-0.39, 0.29) is 11.0 Å². The molecule has 0 saturated carbocycles. The van der Waals surface area contributed by atoms with Gasteiger partial charge in [0.2, 0.25) is 0 Å². The van der Waals surface area contributed by atoms with Crippen molar-refractivity contribution in [1.29, 1.82) is 0 Å². The van der Waals surface area contributed by atoms with Crippen LogP contribution < -0.4 is 11.1 Å². The van der Waals surface area contributed by atoms with E-state index in [9.17, 15) is 4.79 Å². The third-order valence-corrected chi connectivity index (χ3v) is 2.71. The fraction of sp³-hybridized carbons (Fsp3) is 0.273. The van der Waals surface area contributed by atoms with Gasteiger partial charge in [-0.1, -0.05) is 29.9 Å². The maximum Gasteiger partial charge on any atom is 0.327 e. The first-order chi connectivity index (χ1) is 7.97. The molecule has 0 amide bonds. The zero-order valence-corrected chi connectivity index (χ0v) is 11.1. The lowest BCUT2D eigenvalue weighted by Gasteiger charge is -2.16. The molecule has 1 aromatic carbocycles. The van der Waals surface area contributed by atoms with E-state index in [1.807, 2.05) is 0 Å². The number of esters is 1. The van der Waals surface area contributed by atoms with Gasteiger partial charge in [0, 0.05) is 5.69 Å². The normalized spacial score (nSPS) is 11.7. The molecule has 0 aliphatic rings. The summed E-state index contributed by atoms with van der Waals surface area (Å²) in [6.45, 7) is 1.68. The van der Waals surface area contributed by atoms with Crippen molar-refractivity contribution < 1.29 is 9.53 Å². The van der Waals surface area contributed by atoms with Crippen molar-refractivity contribution in [3.05, 3.63) is 28.8 Å². The lowest BCUT2D eigenvalue weighted by Crippen LogP contribution is -2.28. The molecule has 0 aliphatic heterocycles. The quantitative estimate of drug-likeness (QED) is 0.648. The van der Waals surface area contributed by atoms with Crippen LogP contribution in [0.3, 0.4) is 0 Å². The molecule has 6 heteroatoms. The Kier molecular flexibility index (Phi) is 4.72. The number of rotatable bonds is 4. The average Bonchev–Trinajstić information content (AvgIpc) is 2.27. The van der Waals surface area contributed by atoms with E-state index in [0.717, 1.165) is 0 Å². The van der Waals surface area contributed by atoms with Gasteiger partial charge in [0.25, 0.3) is 0 Å². The topological polar surface area (TPSA) is 64.3 Å². The number of hydrogen-bond donors (Lipinski definition) is 2. The molecule has 0 bridgehead atoms. The van der Waals surface area contributed by atoms with Crippen LogP contribution in [0.1, 0.15) is 12.5 Å². The number of carbonyl (C=O) groups excluding carboxylic acids is 1. The Morgan fingerprint density at radius 1 is 1.59 bits per heavy atom. The third-order valence-electron chi connectivity index (χ3n) is 2.19. The van der Waals surface area contributed by atoms with E-state index in [1.54, 1.807) is 25.1 Å². The molecule has 0 fully saturated rings. The van der Waals surface area contributed by atoms with Gasteiger partial charge in [-0.2, -0.15) is 0 Å². The lowest BCUT2D eigenvalue weighted by atomic mass is 10.1. The van der Waals surface area contributed by atoms with Crippen molar-refractivity contribution >= 4 is 40.5 Å². The number of nitrogens with two attached hydrogens (primary N) is 1. The summed E-state index contributed by atoms with van der Waals surface area (Å²) in [5, 5.41) is 3.40. The van der Waals surface area contributed by atoms with Crippen molar-refractivity contribution in [1.82, 2.24) is 0 Å². The van der Waals surface area contributed by atoms with Gasteiger partial charge in [0.1, 0.15) is 11.0 Å². The summed E-state index contributed by atoms with van der Waals surface area (Å²) >= 11 is 10.9. The van der Waals surface area contributed by atoms with Crippen LogP contribution in [0.2, 0.25) is 5.02 Å². The monoisotopic (exact) mass is 272 g/mol. The van der Waals surface area contributed by atoms with Gasteiger partial charge in [0.15, 0.2) is 0 Å². The highest BCUT2D eigenvalue weighted by Gasteiger charge is 2.16. The second kappa shape index (κ2) is 5.84. The zero-order chi connectivity index (χ0) is 13.0. The molecule has 3 N–H and O–H groups in total. The molecule has 1 atom stereocenters. The number of methoxy groups -OCH3 is 1. The molecular weight excluding hydrogens is 260 g/mol. The molecule has 92 valence electrons. The molecular formula is C11H13ClN2O2S. The summed E-state index contributed by atoms with van der Waals surface area (Å²) in [6.07, 6.45) is 0. The van der Waals surface area contributed by atoms with Gasteiger partial charge < -0.3 is 15.8 Å². The molecule has 1 unspecified atom stereocenters. The first kappa shape index (κ1) is 13.7. The summed E-state index contributed by atoms with van der Waals surface area (Å²) < 4.78 is 4.62. The standard InChI is InChI=1S/C11H13ClN2O2S/c1-6(11(15)16-2)14-8-5-3-4-7(12)9(8)10(13)17/h3-6,14H,1-2H3,(H2,13,17). The number of benzene rings is 1. The molecule has 0 radical (unpaired) electrons. The summed E-state index contributed by atoms with van der Waals surface area (Å²) in [5.41, 5.74) is 6.73. The van der Waals surface area contributed by atoms with Gasteiger partial charge in [0.05, 0.1) is 17.7 Å². The zero-order valence-electron chi connectivity index (χ0n) is 9.49.